The first kappa shape index (κ1) is 20.8. The van der Waals surface area contributed by atoms with E-state index >= 15 is 0 Å². The molecule has 29 heavy (non-hydrogen) atoms. The largest absolute Gasteiger partial charge is 0.484 e. The normalized spacial score (nSPS) is 13.6. The molecule has 2 aromatic carbocycles. The first-order valence-electron chi connectivity index (χ1n) is 9.15. The Hall–Kier alpha value is -2.91. The van der Waals surface area contributed by atoms with E-state index in [4.69, 9.17) is 4.74 Å². The molecular formula is C20H23N3O5S. The topological polar surface area (TPSA) is 114 Å². The fourth-order valence-corrected chi connectivity index (χ4v) is 3.98. The van der Waals surface area contributed by atoms with E-state index in [1.54, 1.807) is 0 Å². The van der Waals surface area contributed by atoms with Crippen LogP contribution in [0, 0.1) is 13.8 Å². The Labute approximate surface area is 169 Å². The predicted molar refractivity (Wildman–Crippen MR) is 107 cm³/mol. The molecule has 0 aromatic heterocycles. The Morgan fingerprint density at radius 3 is 2.21 bits per heavy atom. The number of hydrogen-bond donors (Lipinski definition) is 3. The molecule has 9 heteroatoms. The van der Waals surface area contributed by atoms with Gasteiger partial charge in [-0.2, -0.15) is 0 Å². The number of sulfonamides is 1. The van der Waals surface area contributed by atoms with Gasteiger partial charge in [0.25, 0.3) is 11.8 Å². The van der Waals surface area contributed by atoms with Gasteiger partial charge in [0.05, 0.1) is 4.90 Å². The van der Waals surface area contributed by atoms with Gasteiger partial charge in [-0.25, -0.2) is 13.1 Å². The maximum absolute atomic E-state index is 12.1. The maximum atomic E-state index is 12.1. The van der Waals surface area contributed by atoms with Crippen LogP contribution >= 0.6 is 0 Å². The summed E-state index contributed by atoms with van der Waals surface area (Å²) in [4.78, 5) is 24.1. The van der Waals surface area contributed by atoms with Crippen LogP contribution in [0.1, 0.15) is 34.3 Å². The van der Waals surface area contributed by atoms with Crippen LogP contribution in [0.25, 0.3) is 0 Å². The van der Waals surface area contributed by atoms with Crippen LogP contribution < -0.4 is 20.3 Å². The Morgan fingerprint density at radius 2 is 1.62 bits per heavy atom. The lowest BCUT2D eigenvalue weighted by Gasteiger charge is -2.10. The van der Waals surface area contributed by atoms with Crippen molar-refractivity contribution in [3.63, 3.8) is 0 Å². The lowest BCUT2D eigenvalue weighted by atomic mass is 10.1. The molecule has 0 heterocycles. The molecule has 1 aliphatic rings. The van der Waals surface area contributed by atoms with Crippen molar-refractivity contribution in [3.8, 4) is 5.75 Å². The third-order valence-electron chi connectivity index (χ3n) is 4.21. The van der Waals surface area contributed by atoms with Gasteiger partial charge in [0, 0.05) is 11.6 Å². The number of hydrogen-bond acceptors (Lipinski definition) is 5. The second-order valence-corrected chi connectivity index (χ2v) is 8.75. The molecule has 0 atom stereocenters. The van der Waals surface area contributed by atoms with E-state index in [1.807, 2.05) is 32.0 Å². The van der Waals surface area contributed by atoms with Gasteiger partial charge < -0.3 is 4.74 Å². The van der Waals surface area contributed by atoms with Gasteiger partial charge >= 0.3 is 0 Å². The molecule has 154 valence electrons. The highest BCUT2D eigenvalue weighted by atomic mass is 32.2. The number of rotatable bonds is 7. The molecule has 3 rings (SSSR count). The maximum Gasteiger partial charge on any atom is 0.276 e. The zero-order chi connectivity index (χ0) is 21.0. The summed E-state index contributed by atoms with van der Waals surface area (Å²) in [5.41, 5.74) is 6.79. The lowest BCUT2D eigenvalue weighted by molar-refractivity contribution is -0.123. The molecule has 0 bridgehead atoms. The van der Waals surface area contributed by atoms with E-state index in [2.05, 4.69) is 15.6 Å². The number of hydrazine groups is 1. The second kappa shape index (κ2) is 8.62. The Morgan fingerprint density at radius 1 is 1.00 bits per heavy atom. The van der Waals surface area contributed by atoms with E-state index in [1.165, 1.54) is 24.3 Å². The highest BCUT2D eigenvalue weighted by Crippen LogP contribution is 2.22. The molecule has 2 aromatic rings. The second-order valence-electron chi connectivity index (χ2n) is 7.03. The molecule has 0 saturated heterocycles. The quantitative estimate of drug-likeness (QED) is 0.592. The first-order chi connectivity index (χ1) is 13.7. The molecule has 1 aliphatic carbocycles. The molecule has 3 N–H and O–H groups in total. The van der Waals surface area contributed by atoms with E-state index in [-0.39, 0.29) is 23.1 Å². The summed E-state index contributed by atoms with van der Waals surface area (Å²) in [6, 6.07) is 11.1. The van der Waals surface area contributed by atoms with Crippen molar-refractivity contribution < 1.29 is 22.7 Å². The van der Waals surface area contributed by atoms with E-state index < -0.39 is 21.8 Å². The van der Waals surface area contributed by atoms with Crippen molar-refractivity contribution in [2.75, 3.05) is 6.61 Å². The zero-order valence-electron chi connectivity index (χ0n) is 16.2. The number of carbonyl (C=O) groups excluding carboxylic acids is 2. The van der Waals surface area contributed by atoms with E-state index in [9.17, 15) is 18.0 Å². The number of carbonyl (C=O) groups is 2. The molecular weight excluding hydrogens is 394 g/mol. The molecule has 0 radical (unpaired) electrons. The number of benzene rings is 2. The number of nitrogens with one attached hydrogen (secondary N) is 3. The Balaban J connectivity index is 1.48. The van der Waals surface area contributed by atoms with Gasteiger partial charge in [0.1, 0.15) is 5.75 Å². The number of ether oxygens (including phenoxy) is 1. The molecule has 1 saturated carbocycles. The number of amides is 2. The zero-order valence-corrected chi connectivity index (χ0v) is 17.0. The first-order valence-corrected chi connectivity index (χ1v) is 10.6. The minimum absolute atomic E-state index is 0.00382. The minimum Gasteiger partial charge on any atom is -0.484 e. The van der Waals surface area contributed by atoms with E-state index in [0.717, 1.165) is 24.0 Å². The van der Waals surface area contributed by atoms with Crippen LogP contribution in [-0.2, 0) is 14.8 Å². The van der Waals surface area contributed by atoms with Crippen molar-refractivity contribution in [2.45, 2.75) is 37.6 Å². The van der Waals surface area contributed by atoms with Crippen molar-refractivity contribution >= 4 is 21.8 Å². The third-order valence-corrected chi connectivity index (χ3v) is 5.74. The smallest absolute Gasteiger partial charge is 0.276 e. The molecule has 0 spiro atoms. The molecule has 0 aliphatic heterocycles. The monoisotopic (exact) mass is 417 g/mol. The fraction of sp³-hybridized carbons (Fsp3) is 0.300. The van der Waals surface area contributed by atoms with Crippen LogP contribution in [0.5, 0.6) is 5.75 Å². The predicted octanol–water partition coefficient (Wildman–Crippen LogP) is 1.58. The number of aryl methyl sites for hydroxylation is 2. The van der Waals surface area contributed by atoms with Crippen LogP contribution in [0.15, 0.2) is 47.4 Å². The van der Waals surface area contributed by atoms with Gasteiger partial charge in [-0.3, -0.25) is 20.4 Å². The van der Waals surface area contributed by atoms with Gasteiger partial charge in [0.15, 0.2) is 6.61 Å². The summed E-state index contributed by atoms with van der Waals surface area (Å²) in [7, 11) is -3.57. The average molecular weight is 417 g/mol. The SMILES string of the molecule is Cc1cc(C)cc(OCC(=O)NNC(=O)c2ccc(S(=O)(=O)NC3CC3)cc2)c1. The molecule has 8 nitrogen and oxygen atoms in total. The summed E-state index contributed by atoms with van der Waals surface area (Å²) < 4.78 is 32.2. The van der Waals surface area contributed by atoms with Crippen LogP contribution in [-0.4, -0.2) is 32.9 Å². The van der Waals surface area contributed by atoms with Gasteiger partial charge in [-0.1, -0.05) is 6.07 Å². The van der Waals surface area contributed by atoms with Crippen molar-refractivity contribution in [1.82, 2.24) is 15.6 Å². The standard InChI is InChI=1S/C20H23N3O5S/c1-13-9-14(2)11-17(10-13)28-12-19(24)21-22-20(25)15-3-7-18(8-4-15)29(26,27)23-16-5-6-16/h3-4,7-11,16,23H,5-6,12H2,1-2H3,(H,21,24)(H,22,25). The van der Waals surface area contributed by atoms with Crippen LogP contribution in [0.3, 0.4) is 0 Å². The summed E-state index contributed by atoms with van der Waals surface area (Å²) in [6.07, 6.45) is 1.68. The minimum atomic E-state index is -3.57. The highest BCUT2D eigenvalue weighted by molar-refractivity contribution is 7.89. The van der Waals surface area contributed by atoms with Crippen LogP contribution in [0.4, 0.5) is 0 Å². The van der Waals surface area contributed by atoms with E-state index in [0.29, 0.717) is 5.75 Å². The fourth-order valence-electron chi connectivity index (χ4n) is 2.67. The summed E-state index contributed by atoms with van der Waals surface area (Å²) in [5.74, 6) is -0.519. The van der Waals surface area contributed by atoms with Gasteiger partial charge in [0.2, 0.25) is 10.0 Å². The van der Waals surface area contributed by atoms with Crippen molar-refractivity contribution in [1.29, 1.82) is 0 Å². The van der Waals surface area contributed by atoms with Gasteiger partial charge in [-0.15, -0.1) is 0 Å². The van der Waals surface area contributed by atoms with Crippen LogP contribution in [0.2, 0.25) is 0 Å². The molecule has 0 unspecified atom stereocenters. The van der Waals surface area contributed by atoms with Crippen molar-refractivity contribution in [3.05, 3.63) is 59.2 Å². The molecule has 1 fully saturated rings. The Bertz CT molecular complexity index is 995. The molecule has 2 amide bonds. The summed E-state index contributed by atoms with van der Waals surface area (Å²) in [6.45, 7) is 3.60. The average Bonchev–Trinajstić information content (AvgIpc) is 3.47. The van der Waals surface area contributed by atoms with Crippen molar-refractivity contribution in [2.24, 2.45) is 0 Å². The lowest BCUT2D eigenvalue weighted by Crippen LogP contribution is -2.43. The highest BCUT2D eigenvalue weighted by Gasteiger charge is 2.27. The Kier molecular flexibility index (Phi) is 6.19. The third kappa shape index (κ3) is 6.03. The van der Waals surface area contributed by atoms with Gasteiger partial charge in [-0.05, 0) is 74.2 Å². The summed E-state index contributed by atoms with van der Waals surface area (Å²) >= 11 is 0. The summed E-state index contributed by atoms with van der Waals surface area (Å²) in [5, 5.41) is 0.